The van der Waals surface area contributed by atoms with E-state index in [1.54, 1.807) is 12.1 Å². The second kappa shape index (κ2) is 6.26. The van der Waals surface area contributed by atoms with E-state index in [0.717, 1.165) is 5.56 Å². The monoisotopic (exact) mass is 253 g/mol. The minimum absolute atomic E-state index is 0.315. The molecule has 0 spiro atoms. The zero-order valence-corrected chi connectivity index (χ0v) is 10.2. The average Bonchev–Trinajstić information content (AvgIpc) is 2.92. The lowest BCUT2D eigenvalue weighted by molar-refractivity contribution is -0.0441. The van der Waals surface area contributed by atoms with Gasteiger partial charge in [-0.1, -0.05) is 24.3 Å². The summed E-state index contributed by atoms with van der Waals surface area (Å²) in [5.74, 6) is 0. The van der Waals surface area contributed by atoms with Crippen molar-refractivity contribution in [2.75, 3.05) is 19.8 Å². The summed E-state index contributed by atoms with van der Waals surface area (Å²) < 4.78 is 10.7. The predicted molar refractivity (Wildman–Crippen MR) is 65.7 cm³/mol. The zero-order valence-electron chi connectivity index (χ0n) is 10.2. The Hall–Kier alpha value is -0.980. The van der Waals surface area contributed by atoms with Crippen LogP contribution in [-0.4, -0.2) is 36.1 Å². The predicted octanol–water partition coefficient (Wildman–Crippen LogP) is 0.475. The first-order chi connectivity index (χ1) is 8.72. The lowest BCUT2D eigenvalue weighted by Gasteiger charge is -2.18. The standard InChI is InChI=1S/C13H19NO4/c14-6-5-11(15)12(16)9-1-3-10(4-2-9)13-17-7-8-18-13/h1-4,11-13,15-16H,5-8,14H2. The molecule has 18 heavy (non-hydrogen) atoms. The Morgan fingerprint density at radius 3 is 2.33 bits per heavy atom. The first kappa shape index (κ1) is 13.5. The third-order valence-electron chi connectivity index (χ3n) is 3.00. The maximum Gasteiger partial charge on any atom is 0.184 e. The highest BCUT2D eigenvalue weighted by molar-refractivity contribution is 5.25. The van der Waals surface area contributed by atoms with Crippen LogP contribution in [0.5, 0.6) is 0 Å². The van der Waals surface area contributed by atoms with Crippen molar-refractivity contribution < 1.29 is 19.7 Å². The van der Waals surface area contributed by atoms with E-state index in [0.29, 0.717) is 31.7 Å². The largest absolute Gasteiger partial charge is 0.390 e. The third-order valence-corrected chi connectivity index (χ3v) is 3.00. The second-order valence-electron chi connectivity index (χ2n) is 4.33. The number of rotatable bonds is 5. The van der Waals surface area contributed by atoms with Gasteiger partial charge in [-0.25, -0.2) is 0 Å². The minimum Gasteiger partial charge on any atom is -0.390 e. The summed E-state index contributed by atoms with van der Waals surface area (Å²) in [5, 5.41) is 19.6. The van der Waals surface area contributed by atoms with Crippen LogP contribution in [0.15, 0.2) is 24.3 Å². The lowest BCUT2D eigenvalue weighted by atomic mass is 10.0. The maximum atomic E-state index is 9.91. The van der Waals surface area contributed by atoms with Gasteiger partial charge in [0.1, 0.15) is 6.10 Å². The molecule has 1 aromatic carbocycles. The second-order valence-corrected chi connectivity index (χ2v) is 4.33. The molecule has 2 unspecified atom stereocenters. The molecular formula is C13H19NO4. The molecule has 0 saturated carbocycles. The number of ether oxygens (including phenoxy) is 2. The van der Waals surface area contributed by atoms with Gasteiger partial charge in [-0.2, -0.15) is 0 Å². The van der Waals surface area contributed by atoms with Crippen LogP contribution < -0.4 is 5.73 Å². The van der Waals surface area contributed by atoms with E-state index in [2.05, 4.69) is 0 Å². The van der Waals surface area contributed by atoms with Crippen molar-refractivity contribution in [2.24, 2.45) is 5.73 Å². The van der Waals surface area contributed by atoms with Crippen LogP contribution in [0.4, 0.5) is 0 Å². The van der Waals surface area contributed by atoms with Crippen LogP contribution in [0.3, 0.4) is 0 Å². The molecule has 1 saturated heterocycles. The highest BCUT2D eigenvalue weighted by Crippen LogP contribution is 2.25. The van der Waals surface area contributed by atoms with Gasteiger partial charge in [0.2, 0.25) is 0 Å². The number of nitrogens with two attached hydrogens (primary N) is 1. The molecule has 2 atom stereocenters. The van der Waals surface area contributed by atoms with E-state index in [9.17, 15) is 10.2 Å². The molecule has 0 radical (unpaired) electrons. The fourth-order valence-corrected chi connectivity index (χ4v) is 1.95. The van der Waals surface area contributed by atoms with Crippen LogP contribution >= 0.6 is 0 Å². The number of aliphatic hydroxyl groups excluding tert-OH is 2. The molecule has 1 aliphatic rings. The number of hydrogen-bond donors (Lipinski definition) is 3. The first-order valence-corrected chi connectivity index (χ1v) is 6.11. The van der Waals surface area contributed by atoms with Gasteiger partial charge in [0.15, 0.2) is 6.29 Å². The van der Waals surface area contributed by atoms with E-state index in [4.69, 9.17) is 15.2 Å². The zero-order chi connectivity index (χ0) is 13.0. The third kappa shape index (κ3) is 3.07. The van der Waals surface area contributed by atoms with E-state index in [1.807, 2.05) is 12.1 Å². The van der Waals surface area contributed by atoms with Gasteiger partial charge < -0.3 is 25.4 Å². The fraction of sp³-hybridized carbons (Fsp3) is 0.538. The Morgan fingerprint density at radius 2 is 1.78 bits per heavy atom. The van der Waals surface area contributed by atoms with Gasteiger partial charge in [-0.05, 0) is 18.5 Å². The summed E-state index contributed by atoms with van der Waals surface area (Å²) in [4.78, 5) is 0. The molecule has 0 aromatic heterocycles. The molecule has 5 heteroatoms. The van der Waals surface area contributed by atoms with Gasteiger partial charge in [0, 0.05) is 5.56 Å². The Balaban J connectivity index is 2.02. The van der Waals surface area contributed by atoms with E-state index in [-0.39, 0.29) is 6.29 Å². The first-order valence-electron chi connectivity index (χ1n) is 6.11. The Morgan fingerprint density at radius 1 is 1.17 bits per heavy atom. The molecule has 0 bridgehead atoms. The maximum absolute atomic E-state index is 9.91. The summed E-state index contributed by atoms with van der Waals surface area (Å²) in [5.41, 5.74) is 6.93. The number of benzene rings is 1. The van der Waals surface area contributed by atoms with E-state index >= 15 is 0 Å². The molecule has 1 fully saturated rings. The van der Waals surface area contributed by atoms with Crippen molar-refractivity contribution in [1.82, 2.24) is 0 Å². The number of aliphatic hydroxyl groups is 2. The van der Waals surface area contributed by atoms with Crippen molar-refractivity contribution in [2.45, 2.75) is 24.9 Å². The molecule has 0 amide bonds. The van der Waals surface area contributed by atoms with Crippen LogP contribution in [0, 0.1) is 0 Å². The topological polar surface area (TPSA) is 84.9 Å². The van der Waals surface area contributed by atoms with Crippen molar-refractivity contribution in [3.63, 3.8) is 0 Å². The Bertz CT molecular complexity index is 362. The summed E-state index contributed by atoms with van der Waals surface area (Å²) in [7, 11) is 0. The Kier molecular flexibility index (Phi) is 4.68. The molecule has 2 rings (SSSR count). The normalized spacial score (nSPS) is 19.9. The SMILES string of the molecule is NCCC(O)C(O)c1ccc(C2OCCO2)cc1. The number of hydrogen-bond acceptors (Lipinski definition) is 5. The quantitative estimate of drug-likeness (QED) is 0.710. The van der Waals surface area contributed by atoms with Crippen molar-refractivity contribution in [3.05, 3.63) is 35.4 Å². The minimum atomic E-state index is -0.909. The van der Waals surface area contributed by atoms with Crippen molar-refractivity contribution in [3.8, 4) is 0 Å². The molecule has 0 aliphatic carbocycles. The van der Waals surface area contributed by atoms with Crippen LogP contribution in [0.25, 0.3) is 0 Å². The average molecular weight is 253 g/mol. The van der Waals surface area contributed by atoms with Crippen LogP contribution in [0.1, 0.15) is 29.9 Å². The lowest BCUT2D eigenvalue weighted by Crippen LogP contribution is -2.21. The van der Waals surface area contributed by atoms with Crippen LogP contribution in [0.2, 0.25) is 0 Å². The molecule has 1 heterocycles. The van der Waals surface area contributed by atoms with Gasteiger partial charge in [-0.3, -0.25) is 0 Å². The van der Waals surface area contributed by atoms with Crippen LogP contribution in [-0.2, 0) is 9.47 Å². The molecular weight excluding hydrogens is 234 g/mol. The van der Waals surface area contributed by atoms with Gasteiger partial charge in [-0.15, -0.1) is 0 Å². The molecule has 5 nitrogen and oxygen atoms in total. The van der Waals surface area contributed by atoms with Crippen molar-refractivity contribution in [1.29, 1.82) is 0 Å². The fourth-order valence-electron chi connectivity index (χ4n) is 1.95. The highest BCUT2D eigenvalue weighted by atomic mass is 16.7. The van der Waals surface area contributed by atoms with E-state index < -0.39 is 12.2 Å². The molecule has 1 aromatic rings. The summed E-state index contributed by atoms with van der Waals surface area (Å²) >= 11 is 0. The molecule has 100 valence electrons. The molecule has 4 N–H and O–H groups in total. The van der Waals surface area contributed by atoms with Gasteiger partial charge >= 0.3 is 0 Å². The van der Waals surface area contributed by atoms with E-state index in [1.165, 1.54) is 0 Å². The molecule has 1 aliphatic heterocycles. The summed E-state index contributed by atoms with van der Waals surface area (Å²) in [6, 6.07) is 7.21. The summed E-state index contributed by atoms with van der Waals surface area (Å²) in [6.07, 6.45) is -1.68. The van der Waals surface area contributed by atoms with Gasteiger partial charge in [0.25, 0.3) is 0 Å². The highest BCUT2D eigenvalue weighted by Gasteiger charge is 2.20. The van der Waals surface area contributed by atoms with Gasteiger partial charge in [0.05, 0.1) is 19.3 Å². The Labute approximate surface area is 106 Å². The summed E-state index contributed by atoms with van der Waals surface area (Å²) in [6.45, 7) is 1.55. The van der Waals surface area contributed by atoms with Crippen molar-refractivity contribution >= 4 is 0 Å². The smallest absolute Gasteiger partial charge is 0.184 e.